The van der Waals surface area contributed by atoms with Gasteiger partial charge in [-0.3, -0.25) is 14.4 Å². The van der Waals surface area contributed by atoms with Crippen LogP contribution in [0.5, 0.6) is 0 Å². The molecule has 0 aliphatic carbocycles. The van der Waals surface area contributed by atoms with Crippen LogP contribution in [0.1, 0.15) is 15.9 Å². The smallest absolute Gasteiger partial charge is 0.254 e. The largest absolute Gasteiger partial charge is 0.349 e. The third kappa shape index (κ3) is 5.88. The highest BCUT2D eigenvalue weighted by molar-refractivity contribution is 5.99. The van der Waals surface area contributed by atoms with Crippen molar-refractivity contribution in [2.75, 3.05) is 26.0 Å². The number of likely N-dealkylation sites (N-methyl/N-ethyl adjacent to an activating group) is 1. The molecule has 0 saturated carbocycles. The Morgan fingerprint density at radius 3 is 2.26 bits per heavy atom. The molecule has 2 aromatic rings. The number of hydrogen-bond donors (Lipinski definition) is 2. The summed E-state index contributed by atoms with van der Waals surface area (Å²) in [5.74, 6) is -3.17. The summed E-state index contributed by atoms with van der Waals surface area (Å²) in [5.41, 5.74) is 0.939. The van der Waals surface area contributed by atoms with E-state index in [9.17, 15) is 23.2 Å². The predicted octanol–water partition coefficient (Wildman–Crippen LogP) is 1.96. The minimum absolute atomic E-state index is 0.0393. The maximum Gasteiger partial charge on any atom is 0.254 e. The van der Waals surface area contributed by atoms with Gasteiger partial charge in [0.1, 0.15) is 11.6 Å². The van der Waals surface area contributed by atoms with Gasteiger partial charge in [-0.05, 0) is 29.8 Å². The van der Waals surface area contributed by atoms with Gasteiger partial charge in [-0.15, -0.1) is 0 Å². The van der Waals surface area contributed by atoms with Crippen LogP contribution in [-0.4, -0.2) is 43.3 Å². The standard InChI is InChI=1S/C19H19F2N3O3/c1-24(2)18(26)9-12-3-6-14(7-4-12)23-17(25)11-22-19(27)15-8-5-13(20)10-16(15)21/h3-8,10H,9,11H2,1-2H3,(H,22,27)(H,23,25). The lowest BCUT2D eigenvalue weighted by molar-refractivity contribution is -0.128. The van der Waals surface area contributed by atoms with Crippen LogP contribution in [0.3, 0.4) is 0 Å². The molecule has 0 saturated heterocycles. The molecule has 2 rings (SSSR count). The average Bonchev–Trinajstić information content (AvgIpc) is 2.61. The molecule has 3 amide bonds. The summed E-state index contributed by atoms with van der Waals surface area (Å²) in [6, 6.07) is 9.26. The highest BCUT2D eigenvalue weighted by Gasteiger charge is 2.13. The van der Waals surface area contributed by atoms with Crippen molar-refractivity contribution >= 4 is 23.4 Å². The summed E-state index contributed by atoms with van der Waals surface area (Å²) in [4.78, 5) is 36.9. The minimum Gasteiger partial charge on any atom is -0.349 e. The lowest BCUT2D eigenvalue weighted by atomic mass is 10.1. The average molecular weight is 375 g/mol. The van der Waals surface area contributed by atoms with Gasteiger partial charge in [-0.25, -0.2) is 8.78 Å². The maximum absolute atomic E-state index is 13.5. The Labute approximate surface area is 155 Å². The van der Waals surface area contributed by atoms with Gasteiger partial charge in [-0.2, -0.15) is 0 Å². The van der Waals surface area contributed by atoms with Crippen LogP contribution in [0.15, 0.2) is 42.5 Å². The fourth-order valence-corrected chi connectivity index (χ4v) is 2.17. The Bertz CT molecular complexity index is 852. The van der Waals surface area contributed by atoms with E-state index in [1.165, 1.54) is 4.90 Å². The maximum atomic E-state index is 13.5. The summed E-state index contributed by atoms with van der Waals surface area (Å²) in [7, 11) is 3.34. The molecule has 6 nitrogen and oxygen atoms in total. The molecule has 0 atom stereocenters. The van der Waals surface area contributed by atoms with Gasteiger partial charge in [0, 0.05) is 25.8 Å². The Kier molecular flexibility index (Phi) is 6.59. The summed E-state index contributed by atoms with van der Waals surface area (Å²) in [5, 5.41) is 4.84. The second-order valence-electron chi connectivity index (χ2n) is 6.02. The number of nitrogens with zero attached hydrogens (tertiary/aromatic N) is 1. The van der Waals surface area contributed by atoms with Crippen molar-refractivity contribution in [3.05, 3.63) is 65.2 Å². The van der Waals surface area contributed by atoms with Crippen molar-refractivity contribution in [2.45, 2.75) is 6.42 Å². The van der Waals surface area contributed by atoms with E-state index in [0.29, 0.717) is 11.8 Å². The van der Waals surface area contributed by atoms with Crippen LogP contribution in [-0.2, 0) is 16.0 Å². The van der Waals surface area contributed by atoms with Crippen LogP contribution in [0.4, 0.5) is 14.5 Å². The van der Waals surface area contributed by atoms with E-state index in [4.69, 9.17) is 0 Å². The molecule has 2 N–H and O–H groups in total. The number of halogens is 2. The first-order valence-corrected chi connectivity index (χ1v) is 8.08. The summed E-state index contributed by atoms with van der Waals surface area (Å²) in [6.45, 7) is -0.378. The van der Waals surface area contributed by atoms with Crippen molar-refractivity contribution in [3.8, 4) is 0 Å². The highest BCUT2D eigenvalue weighted by Crippen LogP contribution is 2.11. The first kappa shape index (κ1) is 20.0. The molecule has 0 aliphatic heterocycles. The van der Waals surface area contributed by atoms with Crippen molar-refractivity contribution in [1.29, 1.82) is 0 Å². The second-order valence-corrected chi connectivity index (χ2v) is 6.02. The Hall–Kier alpha value is -3.29. The van der Waals surface area contributed by atoms with Gasteiger partial charge in [0.25, 0.3) is 5.91 Å². The van der Waals surface area contributed by atoms with Crippen LogP contribution < -0.4 is 10.6 Å². The first-order valence-electron chi connectivity index (χ1n) is 8.08. The number of hydrogen-bond acceptors (Lipinski definition) is 3. The topological polar surface area (TPSA) is 78.5 Å². The molecule has 0 radical (unpaired) electrons. The lowest BCUT2D eigenvalue weighted by Gasteiger charge is -2.11. The first-order chi connectivity index (χ1) is 12.8. The van der Waals surface area contributed by atoms with E-state index in [0.717, 1.165) is 17.7 Å². The molecule has 27 heavy (non-hydrogen) atoms. The zero-order valence-electron chi connectivity index (χ0n) is 14.9. The third-order valence-electron chi connectivity index (χ3n) is 3.68. The number of benzene rings is 2. The fraction of sp³-hybridized carbons (Fsp3) is 0.211. The van der Waals surface area contributed by atoms with Crippen LogP contribution in [0.25, 0.3) is 0 Å². The van der Waals surface area contributed by atoms with Gasteiger partial charge in [0.2, 0.25) is 11.8 Å². The van der Waals surface area contributed by atoms with Crippen LogP contribution in [0, 0.1) is 11.6 Å². The summed E-state index contributed by atoms with van der Waals surface area (Å²) in [6.07, 6.45) is 0.251. The lowest BCUT2D eigenvalue weighted by Crippen LogP contribution is -2.33. The van der Waals surface area contributed by atoms with Crippen molar-refractivity contribution in [2.24, 2.45) is 0 Å². The molecule has 8 heteroatoms. The highest BCUT2D eigenvalue weighted by atomic mass is 19.1. The number of nitrogens with one attached hydrogen (secondary N) is 2. The zero-order chi connectivity index (χ0) is 20.0. The predicted molar refractivity (Wildman–Crippen MR) is 96.2 cm³/mol. The van der Waals surface area contributed by atoms with Crippen molar-refractivity contribution in [3.63, 3.8) is 0 Å². The Balaban J connectivity index is 1.86. The number of carbonyl (C=O) groups is 3. The third-order valence-corrected chi connectivity index (χ3v) is 3.68. The van der Waals surface area contributed by atoms with Crippen LogP contribution in [0.2, 0.25) is 0 Å². The molecule has 0 aliphatic rings. The molecule has 0 bridgehead atoms. The molecule has 0 heterocycles. The van der Waals surface area contributed by atoms with E-state index in [1.807, 2.05) is 0 Å². The minimum atomic E-state index is -1.00. The summed E-state index contributed by atoms with van der Waals surface area (Å²) >= 11 is 0. The number of amides is 3. The molecular weight excluding hydrogens is 356 g/mol. The quantitative estimate of drug-likeness (QED) is 0.810. The van der Waals surface area contributed by atoms with E-state index < -0.39 is 23.4 Å². The molecule has 0 aromatic heterocycles. The molecule has 0 spiro atoms. The molecule has 2 aromatic carbocycles. The molecule has 0 unspecified atom stereocenters. The Morgan fingerprint density at radius 1 is 1.00 bits per heavy atom. The van der Waals surface area contributed by atoms with E-state index in [-0.39, 0.29) is 24.4 Å². The van der Waals surface area contributed by atoms with Crippen molar-refractivity contribution in [1.82, 2.24) is 10.2 Å². The second kappa shape index (κ2) is 8.88. The zero-order valence-corrected chi connectivity index (χ0v) is 14.9. The van der Waals surface area contributed by atoms with E-state index >= 15 is 0 Å². The number of carbonyl (C=O) groups excluding carboxylic acids is 3. The Morgan fingerprint density at radius 2 is 1.67 bits per heavy atom. The van der Waals surface area contributed by atoms with Gasteiger partial charge < -0.3 is 15.5 Å². The molecular formula is C19H19F2N3O3. The van der Waals surface area contributed by atoms with Crippen LogP contribution >= 0.6 is 0 Å². The van der Waals surface area contributed by atoms with Gasteiger partial charge in [0.05, 0.1) is 18.5 Å². The van der Waals surface area contributed by atoms with Gasteiger partial charge in [0.15, 0.2) is 0 Å². The fourth-order valence-electron chi connectivity index (χ4n) is 2.17. The summed E-state index contributed by atoms with van der Waals surface area (Å²) < 4.78 is 26.4. The normalized spacial score (nSPS) is 10.2. The van der Waals surface area contributed by atoms with Crippen molar-refractivity contribution < 1.29 is 23.2 Å². The van der Waals surface area contributed by atoms with Gasteiger partial charge in [-0.1, -0.05) is 12.1 Å². The number of anilines is 1. The number of rotatable bonds is 6. The van der Waals surface area contributed by atoms with E-state index in [2.05, 4.69) is 10.6 Å². The molecule has 142 valence electrons. The van der Waals surface area contributed by atoms with E-state index in [1.54, 1.807) is 38.4 Å². The monoisotopic (exact) mass is 375 g/mol. The SMILES string of the molecule is CN(C)C(=O)Cc1ccc(NC(=O)CNC(=O)c2ccc(F)cc2F)cc1. The molecule has 0 fully saturated rings. The van der Waals surface area contributed by atoms with Gasteiger partial charge >= 0.3 is 0 Å².